The van der Waals surface area contributed by atoms with Crippen LogP contribution in [0.3, 0.4) is 0 Å². The van der Waals surface area contributed by atoms with Crippen molar-refractivity contribution in [2.45, 2.75) is 32.7 Å². The number of piperazine rings is 1. The van der Waals surface area contributed by atoms with E-state index < -0.39 is 0 Å². The highest BCUT2D eigenvalue weighted by atomic mass is 16.2. The van der Waals surface area contributed by atoms with Gasteiger partial charge in [0.15, 0.2) is 0 Å². The second-order valence-electron chi connectivity index (χ2n) is 9.29. The van der Waals surface area contributed by atoms with Gasteiger partial charge < -0.3 is 20.0 Å². The van der Waals surface area contributed by atoms with Crippen molar-refractivity contribution in [3.8, 4) is 0 Å². The fraction of sp³-hybridized carbons (Fsp3) is 0.462. The van der Waals surface area contributed by atoms with Crippen LogP contribution in [0.4, 0.5) is 11.4 Å². The molecule has 2 aromatic carbocycles. The zero-order chi connectivity index (χ0) is 22.7. The molecule has 0 aromatic heterocycles. The molecule has 2 aliphatic rings. The maximum atomic E-state index is 12.9. The van der Waals surface area contributed by atoms with E-state index in [1.165, 1.54) is 11.3 Å². The van der Waals surface area contributed by atoms with Crippen LogP contribution in [0.1, 0.15) is 37.3 Å². The van der Waals surface area contributed by atoms with E-state index in [1.807, 2.05) is 18.2 Å². The number of likely N-dealkylation sites (N-methyl/N-ethyl adjacent to an activating group) is 1. The lowest BCUT2D eigenvalue weighted by molar-refractivity contribution is -0.126. The molecular formula is C26H34N4O2. The van der Waals surface area contributed by atoms with E-state index in [9.17, 15) is 9.59 Å². The third-order valence-corrected chi connectivity index (χ3v) is 6.63. The normalized spacial score (nSPS) is 19.6. The molecule has 1 N–H and O–H groups in total. The predicted molar refractivity (Wildman–Crippen MR) is 129 cm³/mol. The van der Waals surface area contributed by atoms with Crippen molar-refractivity contribution in [2.24, 2.45) is 5.92 Å². The monoisotopic (exact) mass is 434 g/mol. The first-order chi connectivity index (χ1) is 15.4. The number of anilines is 2. The summed E-state index contributed by atoms with van der Waals surface area (Å²) in [7, 11) is 2.15. The van der Waals surface area contributed by atoms with Gasteiger partial charge in [-0.3, -0.25) is 9.59 Å². The third-order valence-electron chi connectivity index (χ3n) is 6.63. The van der Waals surface area contributed by atoms with Gasteiger partial charge >= 0.3 is 0 Å². The summed E-state index contributed by atoms with van der Waals surface area (Å²) < 4.78 is 0. The summed E-state index contributed by atoms with van der Waals surface area (Å²) in [5.41, 5.74) is 4.40. The van der Waals surface area contributed by atoms with Crippen LogP contribution in [0.15, 0.2) is 48.5 Å². The Labute approximate surface area is 191 Å². The fourth-order valence-corrected chi connectivity index (χ4v) is 4.53. The molecule has 170 valence electrons. The summed E-state index contributed by atoms with van der Waals surface area (Å²) in [6.45, 7) is 9.26. The Bertz CT molecular complexity index is 966. The number of hydrogen-bond donors (Lipinski definition) is 1. The molecule has 2 heterocycles. The van der Waals surface area contributed by atoms with Gasteiger partial charge in [-0.15, -0.1) is 0 Å². The average Bonchev–Trinajstić information content (AvgIpc) is 3.20. The molecule has 2 saturated heterocycles. The van der Waals surface area contributed by atoms with Crippen molar-refractivity contribution >= 4 is 23.2 Å². The van der Waals surface area contributed by atoms with Gasteiger partial charge in [-0.25, -0.2) is 0 Å². The lowest BCUT2D eigenvalue weighted by Gasteiger charge is -2.35. The Kier molecular flexibility index (Phi) is 6.80. The highest BCUT2D eigenvalue weighted by molar-refractivity contribution is 6.00. The molecule has 2 fully saturated rings. The van der Waals surface area contributed by atoms with Crippen LogP contribution >= 0.6 is 0 Å². The molecule has 6 nitrogen and oxygen atoms in total. The van der Waals surface area contributed by atoms with Gasteiger partial charge in [0.25, 0.3) is 0 Å². The molecule has 0 bridgehead atoms. The number of carbonyl (C=O) groups is 2. The topological polar surface area (TPSA) is 55.9 Å². The molecule has 2 amide bonds. The number of benzene rings is 2. The summed E-state index contributed by atoms with van der Waals surface area (Å²) in [5.74, 6) is 0.0473. The molecule has 1 unspecified atom stereocenters. The minimum Gasteiger partial charge on any atom is -0.369 e. The maximum absolute atomic E-state index is 12.9. The Morgan fingerprint density at radius 2 is 1.81 bits per heavy atom. The molecule has 0 spiro atoms. The molecule has 2 aliphatic heterocycles. The van der Waals surface area contributed by atoms with Crippen LogP contribution in [-0.4, -0.2) is 56.5 Å². The number of carbonyl (C=O) groups excluding carboxylic acids is 2. The van der Waals surface area contributed by atoms with Gasteiger partial charge in [-0.05, 0) is 42.3 Å². The van der Waals surface area contributed by atoms with Gasteiger partial charge in [-0.1, -0.05) is 44.2 Å². The van der Waals surface area contributed by atoms with E-state index in [1.54, 1.807) is 4.90 Å². The van der Waals surface area contributed by atoms with Crippen molar-refractivity contribution in [1.29, 1.82) is 0 Å². The molecule has 2 aromatic rings. The number of nitrogens with one attached hydrogen (secondary N) is 1. The fourth-order valence-electron chi connectivity index (χ4n) is 4.53. The van der Waals surface area contributed by atoms with Crippen LogP contribution < -0.4 is 15.1 Å². The summed E-state index contributed by atoms with van der Waals surface area (Å²) in [4.78, 5) is 32.1. The van der Waals surface area contributed by atoms with Gasteiger partial charge in [0, 0.05) is 57.1 Å². The summed E-state index contributed by atoms with van der Waals surface area (Å²) in [6, 6.07) is 16.4. The van der Waals surface area contributed by atoms with Crippen molar-refractivity contribution in [1.82, 2.24) is 10.2 Å². The van der Waals surface area contributed by atoms with Crippen LogP contribution in [0, 0.1) is 5.92 Å². The molecular weight excluding hydrogens is 400 g/mol. The largest absolute Gasteiger partial charge is 0.369 e. The lowest BCUT2D eigenvalue weighted by Crippen LogP contribution is -2.45. The maximum Gasteiger partial charge on any atom is 0.227 e. The van der Waals surface area contributed by atoms with E-state index >= 15 is 0 Å². The summed E-state index contributed by atoms with van der Waals surface area (Å²) in [6.07, 6.45) is 0.262. The molecule has 0 aliphatic carbocycles. The van der Waals surface area contributed by atoms with Crippen LogP contribution in [-0.2, 0) is 16.1 Å². The predicted octanol–water partition coefficient (Wildman–Crippen LogP) is 3.23. The van der Waals surface area contributed by atoms with Crippen molar-refractivity contribution in [2.75, 3.05) is 49.6 Å². The van der Waals surface area contributed by atoms with E-state index in [-0.39, 0.29) is 24.2 Å². The minimum atomic E-state index is -0.319. The molecule has 4 rings (SSSR count). The zero-order valence-electron chi connectivity index (χ0n) is 19.4. The van der Waals surface area contributed by atoms with Gasteiger partial charge in [0.2, 0.25) is 11.8 Å². The van der Waals surface area contributed by atoms with E-state index in [0.717, 1.165) is 37.4 Å². The van der Waals surface area contributed by atoms with Crippen molar-refractivity contribution < 1.29 is 9.59 Å². The summed E-state index contributed by atoms with van der Waals surface area (Å²) >= 11 is 0. The number of rotatable bonds is 6. The molecule has 0 saturated carbocycles. The Morgan fingerprint density at radius 3 is 2.56 bits per heavy atom. The number of para-hydroxylation sites is 1. The van der Waals surface area contributed by atoms with E-state index in [4.69, 9.17) is 0 Å². The quantitative estimate of drug-likeness (QED) is 0.759. The first-order valence-corrected chi connectivity index (χ1v) is 11.6. The molecule has 0 radical (unpaired) electrons. The molecule has 32 heavy (non-hydrogen) atoms. The zero-order valence-corrected chi connectivity index (χ0v) is 19.4. The van der Waals surface area contributed by atoms with Gasteiger partial charge in [0.1, 0.15) is 0 Å². The van der Waals surface area contributed by atoms with Gasteiger partial charge in [0.05, 0.1) is 5.92 Å². The lowest BCUT2D eigenvalue weighted by atomic mass is 10.0. The highest BCUT2D eigenvalue weighted by Gasteiger charge is 2.35. The van der Waals surface area contributed by atoms with Gasteiger partial charge in [-0.2, -0.15) is 0 Å². The third kappa shape index (κ3) is 4.96. The highest BCUT2D eigenvalue weighted by Crippen LogP contribution is 2.28. The minimum absolute atomic E-state index is 0.0175. The smallest absolute Gasteiger partial charge is 0.227 e. The molecule has 1 atom stereocenters. The number of nitrogens with zero attached hydrogens (tertiary/aromatic N) is 3. The van der Waals surface area contributed by atoms with Crippen molar-refractivity contribution in [3.05, 3.63) is 59.7 Å². The van der Waals surface area contributed by atoms with Crippen LogP contribution in [0.25, 0.3) is 0 Å². The number of hydrogen-bond acceptors (Lipinski definition) is 4. The Morgan fingerprint density at radius 1 is 1.06 bits per heavy atom. The van der Waals surface area contributed by atoms with Crippen LogP contribution in [0.2, 0.25) is 0 Å². The molecule has 6 heteroatoms. The SMILES string of the molecule is CC(C)c1cccc(N2CC(C(=O)NCc3ccccc3N3CCN(C)CC3)CC2=O)c1. The first kappa shape index (κ1) is 22.3. The standard InChI is InChI=1S/C26H34N4O2/c1-19(2)20-8-6-9-23(15-20)30-18-22(16-25(30)31)26(32)27-17-21-7-4-5-10-24(21)29-13-11-28(3)12-14-29/h4-10,15,19,22H,11-14,16-18H2,1-3H3,(H,27,32). The Balaban J connectivity index is 1.38. The Hall–Kier alpha value is -2.86. The average molecular weight is 435 g/mol. The second kappa shape index (κ2) is 9.74. The first-order valence-electron chi connectivity index (χ1n) is 11.6. The second-order valence-corrected chi connectivity index (χ2v) is 9.29. The van der Waals surface area contributed by atoms with Crippen LogP contribution in [0.5, 0.6) is 0 Å². The van der Waals surface area contributed by atoms with Crippen molar-refractivity contribution in [3.63, 3.8) is 0 Å². The van der Waals surface area contributed by atoms with E-state index in [0.29, 0.717) is 19.0 Å². The van der Waals surface area contributed by atoms with E-state index in [2.05, 4.69) is 66.3 Å². The number of amides is 2. The summed E-state index contributed by atoms with van der Waals surface area (Å²) in [5, 5.41) is 3.10.